The Balaban J connectivity index is 1.55. The summed E-state index contributed by atoms with van der Waals surface area (Å²) in [6, 6.07) is 9.60. The van der Waals surface area contributed by atoms with Crippen molar-refractivity contribution in [2.45, 2.75) is 30.6 Å². The average Bonchev–Trinajstić information content (AvgIpc) is 3.16. The zero-order chi connectivity index (χ0) is 13.9. The van der Waals surface area contributed by atoms with E-state index in [2.05, 4.69) is 15.6 Å². The third kappa shape index (κ3) is 3.39. The van der Waals surface area contributed by atoms with Crippen molar-refractivity contribution in [2.75, 3.05) is 5.32 Å². The molecule has 0 radical (unpaired) electrons. The Bertz CT molecular complexity index is 555. The van der Waals surface area contributed by atoms with Gasteiger partial charge in [0.05, 0.1) is 6.04 Å². The van der Waals surface area contributed by atoms with Crippen molar-refractivity contribution in [1.29, 1.82) is 0 Å². The Morgan fingerprint density at radius 2 is 2.10 bits per heavy atom. The molecule has 0 bridgehead atoms. The van der Waals surface area contributed by atoms with Crippen LogP contribution in [0, 0.1) is 0 Å². The van der Waals surface area contributed by atoms with Crippen LogP contribution in [-0.4, -0.2) is 28.3 Å². The molecule has 6 heteroatoms. The Morgan fingerprint density at radius 1 is 1.35 bits per heavy atom. The maximum Gasteiger partial charge on any atom is 0.240 e. The third-order valence-corrected chi connectivity index (χ3v) is 4.15. The smallest absolute Gasteiger partial charge is 0.240 e. The number of amidine groups is 1. The molecule has 1 aromatic carbocycles. The predicted octanol–water partition coefficient (Wildman–Crippen LogP) is 1.77. The number of benzene rings is 1. The van der Waals surface area contributed by atoms with Gasteiger partial charge in [0.1, 0.15) is 5.25 Å². The number of carbonyl (C=O) groups excluding carboxylic acids is 2. The second kappa shape index (κ2) is 5.66. The molecule has 104 valence electrons. The largest absolute Gasteiger partial charge is 0.326 e. The molecule has 1 saturated heterocycles. The number of anilines is 1. The normalized spacial score (nSPS) is 23.7. The molecular weight excluding hydrogens is 274 g/mol. The molecule has 3 rings (SSSR count). The van der Waals surface area contributed by atoms with Crippen LogP contribution in [0.4, 0.5) is 5.69 Å². The van der Waals surface area contributed by atoms with Gasteiger partial charge in [0.15, 0.2) is 5.17 Å². The summed E-state index contributed by atoms with van der Waals surface area (Å²) in [5.41, 5.74) is 0.743. The maximum atomic E-state index is 11.9. The van der Waals surface area contributed by atoms with E-state index in [0.717, 1.165) is 18.5 Å². The summed E-state index contributed by atoms with van der Waals surface area (Å²) in [6.45, 7) is 0. The molecule has 2 amide bonds. The molecule has 1 saturated carbocycles. The monoisotopic (exact) mass is 289 g/mol. The predicted molar refractivity (Wildman–Crippen MR) is 79.7 cm³/mol. The Hall–Kier alpha value is -1.82. The minimum Gasteiger partial charge on any atom is -0.326 e. The highest BCUT2D eigenvalue weighted by molar-refractivity contribution is 8.15. The fourth-order valence-electron chi connectivity index (χ4n) is 1.87. The molecule has 20 heavy (non-hydrogen) atoms. The molecule has 1 atom stereocenters. The van der Waals surface area contributed by atoms with Gasteiger partial charge in [-0.15, -0.1) is 0 Å². The number of hydrogen-bond acceptors (Lipinski definition) is 4. The van der Waals surface area contributed by atoms with E-state index in [1.165, 1.54) is 11.8 Å². The maximum absolute atomic E-state index is 11.9. The molecule has 0 unspecified atom stereocenters. The van der Waals surface area contributed by atoms with E-state index in [9.17, 15) is 9.59 Å². The van der Waals surface area contributed by atoms with E-state index >= 15 is 0 Å². The summed E-state index contributed by atoms with van der Waals surface area (Å²) in [4.78, 5) is 28.1. The Kier molecular flexibility index (Phi) is 3.73. The number of carbonyl (C=O) groups is 2. The van der Waals surface area contributed by atoms with Crippen molar-refractivity contribution < 1.29 is 9.59 Å². The number of nitrogens with zero attached hydrogens (tertiary/aromatic N) is 1. The van der Waals surface area contributed by atoms with E-state index in [4.69, 9.17) is 0 Å². The second-order valence-electron chi connectivity index (χ2n) is 4.88. The Morgan fingerprint density at radius 3 is 2.80 bits per heavy atom. The fourth-order valence-corrected chi connectivity index (χ4v) is 2.91. The van der Waals surface area contributed by atoms with E-state index < -0.39 is 0 Å². The molecule has 5 nitrogen and oxygen atoms in total. The van der Waals surface area contributed by atoms with Crippen LogP contribution in [-0.2, 0) is 9.59 Å². The summed E-state index contributed by atoms with van der Waals surface area (Å²) in [7, 11) is 0. The van der Waals surface area contributed by atoms with Gasteiger partial charge in [-0.3, -0.25) is 14.6 Å². The van der Waals surface area contributed by atoms with Crippen LogP contribution in [0.3, 0.4) is 0 Å². The first kappa shape index (κ1) is 13.2. The van der Waals surface area contributed by atoms with Gasteiger partial charge in [0.25, 0.3) is 0 Å². The van der Waals surface area contributed by atoms with Crippen molar-refractivity contribution in [3.05, 3.63) is 30.3 Å². The van der Waals surface area contributed by atoms with Gasteiger partial charge in [-0.25, -0.2) is 0 Å². The number of rotatable bonds is 4. The number of hydrogen-bond donors (Lipinski definition) is 2. The van der Waals surface area contributed by atoms with Crippen LogP contribution in [0.15, 0.2) is 35.3 Å². The third-order valence-electron chi connectivity index (χ3n) is 3.05. The molecule has 1 heterocycles. The lowest BCUT2D eigenvalue weighted by Crippen LogP contribution is -2.28. The number of amides is 2. The molecule has 0 spiro atoms. The van der Waals surface area contributed by atoms with E-state index in [1.54, 1.807) is 0 Å². The molecule has 2 fully saturated rings. The molecule has 1 aliphatic carbocycles. The lowest BCUT2D eigenvalue weighted by Gasteiger charge is -2.06. The minimum absolute atomic E-state index is 0.127. The van der Waals surface area contributed by atoms with Crippen LogP contribution in [0.25, 0.3) is 0 Å². The topological polar surface area (TPSA) is 70.6 Å². The number of para-hydroxylation sites is 1. The molecule has 1 aliphatic heterocycles. The van der Waals surface area contributed by atoms with Crippen LogP contribution in [0.2, 0.25) is 0 Å². The van der Waals surface area contributed by atoms with Gasteiger partial charge in [-0.05, 0) is 25.0 Å². The van der Waals surface area contributed by atoms with Crippen molar-refractivity contribution in [2.24, 2.45) is 4.99 Å². The lowest BCUT2D eigenvalue weighted by atomic mass is 10.2. The average molecular weight is 289 g/mol. The highest BCUT2D eigenvalue weighted by Crippen LogP contribution is 2.29. The summed E-state index contributed by atoms with van der Waals surface area (Å²) in [6.07, 6.45) is 2.35. The van der Waals surface area contributed by atoms with Gasteiger partial charge in [-0.2, -0.15) is 0 Å². The highest BCUT2D eigenvalue weighted by Gasteiger charge is 2.33. The summed E-state index contributed by atoms with van der Waals surface area (Å²) in [5, 5.41) is 5.81. The molecule has 2 aliphatic rings. The first-order valence-electron chi connectivity index (χ1n) is 6.61. The minimum atomic E-state index is -0.379. The van der Waals surface area contributed by atoms with E-state index in [-0.39, 0.29) is 23.5 Å². The van der Waals surface area contributed by atoms with Crippen molar-refractivity contribution in [1.82, 2.24) is 5.32 Å². The zero-order valence-corrected chi connectivity index (χ0v) is 11.7. The standard InChI is InChI=1S/C14H15N3O2S/c18-12(15-9-4-2-1-3-5-9)8-11-13(19)17-14(20-11)16-10-6-7-10/h1-5,10-11H,6-8H2,(H,15,18)(H,16,17,19)/t11-/m0/s1. The van der Waals surface area contributed by atoms with Crippen LogP contribution in [0.5, 0.6) is 0 Å². The number of aliphatic imine (C=N–C) groups is 1. The van der Waals surface area contributed by atoms with Gasteiger partial charge in [0, 0.05) is 12.1 Å². The highest BCUT2D eigenvalue weighted by atomic mass is 32.2. The summed E-state index contributed by atoms with van der Waals surface area (Å²) < 4.78 is 0. The first-order chi connectivity index (χ1) is 9.70. The Labute approximate surface area is 121 Å². The van der Waals surface area contributed by atoms with E-state index in [1.807, 2.05) is 30.3 Å². The summed E-state index contributed by atoms with van der Waals surface area (Å²) in [5.74, 6) is -0.283. The van der Waals surface area contributed by atoms with E-state index in [0.29, 0.717) is 11.2 Å². The number of thioether (sulfide) groups is 1. The van der Waals surface area contributed by atoms with Gasteiger partial charge >= 0.3 is 0 Å². The summed E-state index contributed by atoms with van der Waals surface area (Å²) >= 11 is 1.35. The molecule has 2 N–H and O–H groups in total. The van der Waals surface area contributed by atoms with Crippen molar-refractivity contribution >= 4 is 34.4 Å². The number of nitrogens with one attached hydrogen (secondary N) is 2. The first-order valence-corrected chi connectivity index (χ1v) is 7.49. The van der Waals surface area contributed by atoms with Gasteiger partial charge in [0.2, 0.25) is 11.8 Å². The molecular formula is C14H15N3O2S. The van der Waals surface area contributed by atoms with Crippen LogP contribution in [0.1, 0.15) is 19.3 Å². The van der Waals surface area contributed by atoms with Crippen LogP contribution >= 0.6 is 11.8 Å². The SMILES string of the molecule is O=C(C[C@@H]1SC(=NC2CC2)NC1=O)Nc1ccccc1. The second-order valence-corrected chi connectivity index (χ2v) is 6.07. The molecule has 1 aromatic rings. The van der Waals surface area contributed by atoms with Crippen molar-refractivity contribution in [3.8, 4) is 0 Å². The van der Waals surface area contributed by atoms with Gasteiger partial charge in [-0.1, -0.05) is 30.0 Å². The zero-order valence-electron chi connectivity index (χ0n) is 10.8. The van der Waals surface area contributed by atoms with Gasteiger partial charge < -0.3 is 10.6 Å². The lowest BCUT2D eigenvalue weighted by molar-refractivity contribution is -0.122. The quantitative estimate of drug-likeness (QED) is 0.887. The fraction of sp³-hybridized carbons (Fsp3) is 0.357. The van der Waals surface area contributed by atoms with Crippen molar-refractivity contribution in [3.63, 3.8) is 0 Å². The van der Waals surface area contributed by atoms with Crippen LogP contribution < -0.4 is 10.6 Å². The molecule has 0 aromatic heterocycles.